The molecule has 5 nitrogen and oxygen atoms in total. The van der Waals surface area contributed by atoms with Gasteiger partial charge in [0.25, 0.3) is 11.8 Å². The average Bonchev–Trinajstić information content (AvgIpc) is 3.06. The minimum atomic E-state index is -0.361. The molecule has 0 atom stereocenters. The number of likely N-dealkylation sites (N-methyl/N-ethyl adjacent to an activating group) is 1. The fourth-order valence-electron chi connectivity index (χ4n) is 4.97. The molecule has 0 unspecified atom stereocenters. The van der Waals surface area contributed by atoms with Gasteiger partial charge >= 0.3 is 0 Å². The molecule has 0 saturated heterocycles. The second-order valence-corrected chi connectivity index (χ2v) is 8.89. The molecule has 1 fully saturated rings. The summed E-state index contributed by atoms with van der Waals surface area (Å²) in [4.78, 5) is 35.1. The van der Waals surface area contributed by atoms with Crippen LogP contribution in [0.4, 0.5) is 4.39 Å². The van der Waals surface area contributed by atoms with Gasteiger partial charge in [-0.2, -0.15) is 0 Å². The van der Waals surface area contributed by atoms with E-state index in [1.165, 1.54) is 23.5 Å². The highest BCUT2D eigenvalue weighted by molar-refractivity contribution is 6.35. The molecule has 1 aromatic carbocycles. The van der Waals surface area contributed by atoms with Crippen molar-refractivity contribution in [3.05, 3.63) is 71.4 Å². The number of aromatic nitrogens is 1. The van der Waals surface area contributed by atoms with Crippen LogP contribution in [0.2, 0.25) is 0 Å². The molecule has 0 N–H and O–H groups in total. The van der Waals surface area contributed by atoms with E-state index in [4.69, 9.17) is 0 Å². The largest absolute Gasteiger partial charge is 0.366 e. The van der Waals surface area contributed by atoms with Gasteiger partial charge in [-0.1, -0.05) is 44.2 Å². The van der Waals surface area contributed by atoms with Gasteiger partial charge in [-0.3, -0.25) is 19.5 Å². The first-order valence-corrected chi connectivity index (χ1v) is 12.1. The summed E-state index contributed by atoms with van der Waals surface area (Å²) in [6.45, 7) is 3.21. The molecule has 2 heterocycles. The maximum Gasteiger partial charge on any atom is 0.278 e. The number of benzene rings is 1. The molecule has 1 saturated carbocycles. The summed E-state index contributed by atoms with van der Waals surface area (Å²) < 4.78 is 13.6. The molecular weight excluding hydrogens is 417 g/mol. The lowest BCUT2D eigenvalue weighted by atomic mass is 9.95. The molecule has 0 spiro atoms. The predicted octanol–water partition coefficient (Wildman–Crippen LogP) is 4.98. The summed E-state index contributed by atoms with van der Waals surface area (Å²) in [6, 6.07) is 9.77. The Morgan fingerprint density at radius 2 is 1.58 bits per heavy atom. The zero-order valence-electron chi connectivity index (χ0n) is 19.3. The van der Waals surface area contributed by atoms with Crippen LogP contribution in [-0.4, -0.2) is 45.7 Å². The van der Waals surface area contributed by atoms with Crippen LogP contribution in [0.5, 0.6) is 0 Å². The Balaban J connectivity index is 1.68. The first-order chi connectivity index (χ1) is 16.1. The number of carbonyl (C=O) groups is 2. The molecular formula is C27H32FN3O2. The topological polar surface area (TPSA) is 53.5 Å². The Kier molecular flexibility index (Phi) is 7.53. The van der Waals surface area contributed by atoms with E-state index in [1.807, 2.05) is 24.0 Å². The standard InChI is InChI=1S/C27H32FN3O2/c1-2-30(19-16-20-14-17-29-18-15-20)25-24(21-10-12-22(28)13-11-21)26(32)31(27(25)33)23-8-6-4-3-5-7-9-23/h10-15,17-18,23H,2-9,16,19H2,1H3. The Bertz CT molecular complexity index is 996. The van der Waals surface area contributed by atoms with E-state index in [9.17, 15) is 14.0 Å². The third-order valence-electron chi connectivity index (χ3n) is 6.78. The molecule has 2 aliphatic rings. The number of nitrogens with zero attached hydrogens (tertiary/aromatic N) is 3. The third-order valence-corrected chi connectivity index (χ3v) is 6.78. The number of rotatable bonds is 7. The number of hydrogen-bond acceptors (Lipinski definition) is 4. The van der Waals surface area contributed by atoms with Crippen molar-refractivity contribution in [3.8, 4) is 0 Å². The molecule has 2 aromatic rings. The monoisotopic (exact) mass is 449 g/mol. The van der Waals surface area contributed by atoms with E-state index in [0.717, 1.165) is 50.5 Å². The van der Waals surface area contributed by atoms with E-state index in [1.54, 1.807) is 24.5 Å². The lowest BCUT2D eigenvalue weighted by Gasteiger charge is -2.30. The van der Waals surface area contributed by atoms with Crippen LogP contribution in [0, 0.1) is 5.82 Å². The Morgan fingerprint density at radius 3 is 2.21 bits per heavy atom. The van der Waals surface area contributed by atoms with Crippen molar-refractivity contribution in [2.45, 2.75) is 64.3 Å². The highest BCUT2D eigenvalue weighted by Crippen LogP contribution is 2.35. The Labute approximate surface area is 195 Å². The van der Waals surface area contributed by atoms with Gasteiger partial charge in [0.1, 0.15) is 11.5 Å². The van der Waals surface area contributed by atoms with Gasteiger partial charge in [-0.25, -0.2) is 4.39 Å². The normalized spacial score (nSPS) is 17.9. The highest BCUT2D eigenvalue weighted by Gasteiger charge is 2.44. The van der Waals surface area contributed by atoms with E-state index < -0.39 is 0 Å². The first kappa shape index (κ1) is 23.1. The number of pyridine rings is 1. The second-order valence-electron chi connectivity index (χ2n) is 8.89. The van der Waals surface area contributed by atoms with Gasteiger partial charge in [-0.15, -0.1) is 0 Å². The molecule has 33 heavy (non-hydrogen) atoms. The van der Waals surface area contributed by atoms with Crippen molar-refractivity contribution >= 4 is 17.4 Å². The van der Waals surface area contributed by atoms with Crippen molar-refractivity contribution in [1.29, 1.82) is 0 Å². The quantitative estimate of drug-likeness (QED) is 0.560. The zero-order valence-corrected chi connectivity index (χ0v) is 19.3. The number of carbonyl (C=O) groups excluding carboxylic acids is 2. The molecule has 2 amide bonds. The van der Waals surface area contributed by atoms with Crippen molar-refractivity contribution in [3.63, 3.8) is 0 Å². The summed E-state index contributed by atoms with van der Waals surface area (Å²) in [5.74, 6) is -0.810. The second kappa shape index (κ2) is 10.7. The molecule has 0 radical (unpaired) electrons. The number of amides is 2. The Morgan fingerprint density at radius 1 is 0.939 bits per heavy atom. The van der Waals surface area contributed by atoms with Crippen LogP contribution in [0.1, 0.15) is 63.0 Å². The average molecular weight is 450 g/mol. The van der Waals surface area contributed by atoms with E-state index >= 15 is 0 Å². The molecule has 1 aromatic heterocycles. The SMILES string of the molecule is CCN(CCc1ccncc1)C1=C(c2ccc(F)cc2)C(=O)N(C2CCCCCCC2)C1=O. The summed E-state index contributed by atoms with van der Waals surface area (Å²) in [7, 11) is 0. The third kappa shape index (κ3) is 5.15. The predicted molar refractivity (Wildman–Crippen MR) is 126 cm³/mol. The van der Waals surface area contributed by atoms with Crippen LogP contribution >= 0.6 is 0 Å². The van der Waals surface area contributed by atoms with Crippen LogP contribution in [0.3, 0.4) is 0 Å². The van der Waals surface area contributed by atoms with Crippen molar-refractivity contribution in [1.82, 2.24) is 14.8 Å². The molecule has 4 rings (SSSR count). The molecule has 0 bridgehead atoms. The molecule has 1 aliphatic carbocycles. The van der Waals surface area contributed by atoms with Crippen molar-refractivity contribution < 1.29 is 14.0 Å². The fourth-order valence-corrected chi connectivity index (χ4v) is 4.97. The summed E-state index contributed by atoms with van der Waals surface area (Å²) in [6.07, 6.45) is 11.5. The van der Waals surface area contributed by atoms with Crippen LogP contribution in [0.25, 0.3) is 5.57 Å². The smallest absolute Gasteiger partial charge is 0.278 e. The van der Waals surface area contributed by atoms with Crippen molar-refractivity contribution in [2.24, 2.45) is 0 Å². The van der Waals surface area contributed by atoms with Gasteiger partial charge in [0, 0.05) is 31.5 Å². The highest BCUT2D eigenvalue weighted by atomic mass is 19.1. The van der Waals surface area contributed by atoms with Crippen LogP contribution < -0.4 is 0 Å². The van der Waals surface area contributed by atoms with E-state index in [-0.39, 0.29) is 23.7 Å². The van der Waals surface area contributed by atoms with Gasteiger partial charge < -0.3 is 4.90 Å². The minimum absolute atomic E-state index is 0.0721. The van der Waals surface area contributed by atoms with Gasteiger partial charge in [-0.05, 0) is 61.6 Å². The summed E-state index contributed by atoms with van der Waals surface area (Å²) in [5, 5.41) is 0. The van der Waals surface area contributed by atoms with Crippen molar-refractivity contribution in [2.75, 3.05) is 13.1 Å². The van der Waals surface area contributed by atoms with E-state index in [2.05, 4.69) is 4.98 Å². The van der Waals surface area contributed by atoms with E-state index in [0.29, 0.717) is 29.9 Å². The fraction of sp³-hybridized carbons (Fsp3) is 0.444. The van der Waals surface area contributed by atoms with Crippen LogP contribution in [0.15, 0.2) is 54.5 Å². The Hall–Kier alpha value is -3.02. The number of hydrogen-bond donors (Lipinski definition) is 0. The minimum Gasteiger partial charge on any atom is -0.366 e. The summed E-state index contributed by atoms with van der Waals surface area (Å²) in [5.41, 5.74) is 2.57. The van der Waals surface area contributed by atoms with Crippen LogP contribution in [-0.2, 0) is 16.0 Å². The number of imide groups is 1. The maximum atomic E-state index is 13.8. The maximum absolute atomic E-state index is 13.8. The molecule has 174 valence electrons. The lowest BCUT2D eigenvalue weighted by Crippen LogP contribution is -2.43. The lowest BCUT2D eigenvalue weighted by molar-refractivity contribution is -0.140. The molecule has 6 heteroatoms. The first-order valence-electron chi connectivity index (χ1n) is 12.1. The zero-order chi connectivity index (χ0) is 23.2. The molecule has 1 aliphatic heterocycles. The summed E-state index contributed by atoms with van der Waals surface area (Å²) >= 11 is 0. The van der Waals surface area contributed by atoms with Gasteiger partial charge in [0.2, 0.25) is 0 Å². The van der Waals surface area contributed by atoms with Gasteiger partial charge in [0.15, 0.2) is 0 Å². The number of halogens is 1. The van der Waals surface area contributed by atoms with Gasteiger partial charge in [0.05, 0.1) is 5.57 Å².